The second-order valence-corrected chi connectivity index (χ2v) is 6.22. The summed E-state index contributed by atoms with van der Waals surface area (Å²) in [6, 6.07) is 18.6. The minimum absolute atomic E-state index is 0.638. The number of hydrogen-bond donors (Lipinski definition) is 1. The Hall–Kier alpha value is -2.46. The van der Waals surface area contributed by atoms with Crippen LogP contribution in [0.1, 0.15) is 25.1 Å². The van der Waals surface area contributed by atoms with Crippen molar-refractivity contribution in [3.63, 3.8) is 0 Å². The van der Waals surface area contributed by atoms with Crippen LogP contribution in [0.5, 0.6) is 5.88 Å². The highest BCUT2D eigenvalue weighted by molar-refractivity contribution is 5.88. The van der Waals surface area contributed by atoms with Crippen LogP contribution in [-0.4, -0.2) is 36.4 Å². The molecule has 25 heavy (non-hydrogen) atoms. The first-order chi connectivity index (χ1) is 12.3. The van der Waals surface area contributed by atoms with E-state index in [2.05, 4.69) is 60.4 Å². The number of nitrogens with one attached hydrogen (secondary N) is 1. The number of quaternary nitrogens is 1. The van der Waals surface area contributed by atoms with E-state index >= 15 is 0 Å². The Morgan fingerprint density at radius 2 is 1.52 bits per heavy atom. The summed E-state index contributed by atoms with van der Waals surface area (Å²) in [5.41, 5.74) is 2.23. The summed E-state index contributed by atoms with van der Waals surface area (Å²) in [5, 5.41) is 11.0. The normalized spacial score (nSPS) is 11.2. The predicted molar refractivity (Wildman–Crippen MR) is 101 cm³/mol. The van der Waals surface area contributed by atoms with Crippen molar-refractivity contribution in [3.8, 4) is 5.88 Å². The van der Waals surface area contributed by atoms with Gasteiger partial charge in [-0.05, 0) is 25.5 Å². The maximum absolute atomic E-state index is 5.96. The fraction of sp³-hybridized carbons (Fsp3) is 0.333. The van der Waals surface area contributed by atoms with Gasteiger partial charge in [-0.1, -0.05) is 48.5 Å². The van der Waals surface area contributed by atoms with Crippen molar-refractivity contribution < 1.29 is 9.64 Å². The minimum atomic E-state index is 0.638. The highest BCUT2D eigenvalue weighted by atomic mass is 16.5. The summed E-state index contributed by atoms with van der Waals surface area (Å²) in [7, 11) is 0. The van der Waals surface area contributed by atoms with Crippen LogP contribution in [0.15, 0.2) is 54.6 Å². The quantitative estimate of drug-likeness (QED) is 0.687. The van der Waals surface area contributed by atoms with Gasteiger partial charge in [0.2, 0.25) is 5.88 Å². The number of rotatable bonds is 8. The molecular formula is C21H26N3O+. The van der Waals surface area contributed by atoms with Crippen LogP contribution in [0.3, 0.4) is 0 Å². The molecule has 0 spiro atoms. The lowest BCUT2D eigenvalue weighted by atomic mass is 10.0. The standard InChI is InChI=1S/C21H25N3O/c1-3-24(4-2)14-15-25-21-19-13-9-8-12-18(19)20(22-23-21)16-17-10-6-5-7-11-17/h5-13H,3-4,14-16H2,1-2H3/p+1. The average molecular weight is 336 g/mol. The van der Waals surface area contributed by atoms with Crippen LogP contribution in [0.25, 0.3) is 10.8 Å². The highest BCUT2D eigenvalue weighted by Gasteiger charge is 2.11. The maximum Gasteiger partial charge on any atom is 0.241 e. The molecule has 3 aromatic rings. The Morgan fingerprint density at radius 1 is 0.840 bits per heavy atom. The van der Waals surface area contributed by atoms with Crippen molar-refractivity contribution in [2.24, 2.45) is 0 Å². The first-order valence-electron chi connectivity index (χ1n) is 9.06. The largest absolute Gasteiger partial charge is 0.470 e. The van der Waals surface area contributed by atoms with Crippen molar-refractivity contribution in [2.45, 2.75) is 20.3 Å². The Balaban J connectivity index is 1.81. The van der Waals surface area contributed by atoms with Gasteiger partial charge < -0.3 is 9.64 Å². The molecule has 1 aromatic heterocycles. The van der Waals surface area contributed by atoms with Gasteiger partial charge in [0.05, 0.1) is 18.8 Å². The van der Waals surface area contributed by atoms with Gasteiger partial charge in [-0.2, -0.15) is 5.10 Å². The third kappa shape index (κ3) is 4.34. The van der Waals surface area contributed by atoms with E-state index < -0.39 is 0 Å². The van der Waals surface area contributed by atoms with E-state index in [1.54, 1.807) is 0 Å². The van der Waals surface area contributed by atoms with Gasteiger partial charge in [0.25, 0.3) is 0 Å². The van der Waals surface area contributed by atoms with Gasteiger partial charge >= 0.3 is 0 Å². The lowest BCUT2D eigenvalue weighted by Gasteiger charge is -2.16. The highest BCUT2D eigenvalue weighted by Crippen LogP contribution is 2.25. The second kappa shape index (κ2) is 8.58. The molecule has 0 aliphatic carbocycles. The van der Waals surface area contributed by atoms with Crippen LogP contribution in [0.4, 0.5) is 0 Å². The van der Waals surface area contributed by atoms with Crippen LogP contribution in [-0.2, 0) is 6.42 Å². The molecule has 0 fully saturated rings. The Morgan fingerprint density at radius 3 is 2.24 bits per heavy atom. The van der Waals surface area contributed by atoms with Gasteiger partial charge in [-0.3, -0.25) is 0 Å². The molecule has 1 heterocycles. The number of ether oxygens (including phenoxy) is 1. The summed E-state index contributed by atoms with van der Waals surface area (Å²) in [6.45, 7) is 8.27. The molecule has 0 aliphatic rings. The number of hydrogen-bond acceptors (Lipinski definition) is 3. The first-order valence-corrected chi connectivity index (χ1v) is 9.06. The molecule has 3 rings (SSSR count). The molecule has 0 radical (unpaired) electrons. The summed E-state index contributed by atoms with van der Waals surface area (Å²) in [5.74, 6) is 0.638. The molecule has 0 atom stereocenters. The van der Waals surface area contributed by atoms with Crippen molar-refractivity contribution in [1.29, 1.82) is 0 Å². The Bertz CT molecular complexity index is 801. The zero-order valence-electron chi connectivity index (χ0n) is 15.0. The predicted octanol–water partition coefficient (Wildman–Crippen LogP) is 2.52. The summed E-state index contributed by atoms with van der Waals surface area (Å²) < 4.78 is 5.96. The molecule has 4 nitrogen and oxygen atoms in total. The van der Waals surface area contributed by atoms with Gasteiger partial charge in [0.1, 0.15) is 13.2 Å². The van der Waals surface area contributed by atoms with Gasteiger partial charge in [-0.25, -0.2) is 0 Å². The molecule has 0 saturated carbocycles. The van der Waals surface area contributed by atoms with Crippen LogP contribution >= 0.6 is 0 Å². The topological polar surface area (TPSA) is 39.5 Å². The van der Waals surface area contributed by atoms with E-state index in [1.807, 2.05) is 18.2 Å². The molecule has 0 aliphatic heterocycles. The van der Waals surface area contributed by atoms with Gasteiger partial charge in [-0.15, -0.1) is 5.10 Å². The maximum atomic E-state index is 5.96. The second-order valence-electron chi connectivity index (χ2n) is 6.22. The zero-order valence-corrected chi connectivity index (χ0v) is 15.0. The molecule has 4 heteroatoms. The number of fused-ring (bicyclic) bond motifs is 1. The molecule has 130 valence electrons. The van der Waals surface area contributed by atoms with Crippen LogP contribution in [0, 0.1) is 0 Å². The molecule has 0 saturated heterocycles. The summed E-state index contributed by atoms with van der Waals surface area (Å²) in [4.78, 5) is 1.53. The van der Waals surface area contributed by atoms with Crippen molar-refractivity contribution >= 4 is 10.8 Å². The van der Waals surface area contributed by atoms with Gasteiger partial charge in [0.15, 0.2) is 0 Å². The molecule has 2 aromatic carbocycles. The monoisotopic (exact) mass is 336 g/mol. The van der Waals surface area contributed by atoms with E-state index in [1.165, 1.54) is 10.5 Å². The van der Waals surface area contributed by atoms with Crippen LogP contribution < -0.4 is 9.64 Å². The van der Waals surface area contributed by atoms with E-state index in [0.717, 1.165) is 42.5 Å². The fourth-order valence-electron chi connectivity index (χ4n) is 3.06. The van der Waals surface area contributed by atoms with Crippen molar-refractivity contribution in [1.82, 2.24) is 10.2 Å². The Kier molecular flexibility index (Phi) is 5.96. The van der Waals surface area contributed by atoms with E-state index in [9.17, 15) is 0 Å². The third-order valence-corrected chi connectivity index (χ3v) is 4.64. The molecule has 0 bridgehead atoms. The SMILES string of the molecule is CC[NH+](CC)CCOc1nnc(Cc2ccccc2)c2ccccc12. The third-order valence-electron chi connectivity index (χ3n) is 4.64. The zero-order chi connectivity index (χ0) is 17.5. The van der Waals surface area contributed by atoms with Crippen molar-refractivity contribution in [2.75, 3.05) is 26.2 Å². The first kappa shape index (κ1) is 17.4. The summed E-state index contributed by atoms with van der Waals surface area (Å²) >= 11 is 0. The Labute approximate surface area is 149 Å². The number of benzene rings is 2. The number of aromatic nitrogens is 2. The summed E-state index contributed by atoms with van der Waals surface area (Å²) in [6.07, 6.45) is 0.776. The van der Waals surface area contributed by atoms with E-state index in [-0.39, 0.29) is 0 Å². The van der Waals surface area contributed by atoms with E-state index in [4.69, 9.17) is 4.74 Å². The lowest BCUT2D eigenvalue weighted by molar-refractivity contribution is -0.896. The molecule has 1 N–H and O–H groups in total. The molecular weight excluding hydrogens is 310 g/mol. The smallest absolute Gasteiger partial charge is 0.241 e. The molecule has 0 unspecified atom stereocenters. The van der Waals surface area contributed by atoms with E-state index in [0.29, 0.717) is 12.5 Å². The average Bonchev–Trinajstić information content (AvgIpc) is 2.67. The lowest BCUT2D eigenvalue weighted by Crippen LogP contribution is -3.12. The molecule has 0 amide bonds. The number of likely N-dealkylation sites (N-methyl/N-ethyl adjacent to an activating group) is 1. The van der Waals surface area contributed by atoms with Crippen LogP contribution in [0.2, 0.25) is 0 Å². The minimum Gasteiger partial charge on any atom is -0.470 e. The number of nitrogens with zero attached hydrogens (tertiary/aromatic N) is 2. The van der Waals surface area contributed by atoms with Gasteiger partial charge in [0, 0.05) is 17.2 Å². The van der Waals surface area contributed by atoms with Crippen molar-refractivity contribution in [3.05, 3.63) is 65.9 Å². The fourth-order valence-corrected chi connectivity index (χ4v) is 3.06.